The van der Waals surface area contributed by atoms with Crippen molar-refractivity contribution >= 4 is 17.2 Å². The molecule has 0 aliphatic heterocycles. The van der Waals surface area contributed by atoms with Gasteiger partial charge in [0.05, 0.1) is 4.99 Å². The van der Waals surface area contributed by atoms with E-state index in [0.717, 1.165) is 0 Å². The topological polar surface area (TPSA) is 29.3 Å². The molecule has 1 aromatic carbocycles. The van der Waals surface area contributed by atoms with Crippen molar-refractivity contribution in [2.75, 3.05) is 13.6 Å². The molecule has 0 aliphatic rings. The third-order valence-corrected chi connectivity index (χ3v) is 2.55. The Kier molecular flexibility index (Phi) is 4.17. The van der Waals surface area contributed by atoms with Crippen LogP contribution < -0.4 is 5.73 Å². The van der Waals surface area contributed by atoms with E-state index >= 15 is 0 Å². The first kappa shape index (κ1) is 12.1. The average Bonchev–Trinajstić information content (AvgIpc) is 2.16. The minimum atomic E-state index is -0.195. The molecule has 0 spiro atoms. The average molecular weight is 226 g/mol. The van der Waals surface area contributed by atoms with E-state index in [4.69, 9.17) is 18.0 Å². The Morgan fingerprint density at radius 1 is 1.53 bits per heavy atom. The van der Waals surface area contributed by atoms with E-state index in [-0.39, 0.29) is 11.9 Å². The molecule has 0 fully saturated rings. The van der Waals surface area contributed by atoms with Crippen molar-refractivity contribution in [1.29, 1.82) is 0 Å². The van der Waals surface area contributed by atoms with Crippen LogP contribution in [0.25, 0.3) is 0 Å². The van der Waals surface area contributed by atoms with Gasteiger partial charge in [-0.1, -0.05) is 30.4 Å². The lowest BCUT2D eigenvalue weighted by Crippen LogP contribution is -2.31. The van der Waals surface area contributed by atoms with Gasteiger partial charge in [-0.3, -0.25) is 4.90 Å². The van der Waals surface area contributed by atoms with Crippen molar-refractivity contribution in [3.63, 3.8) is 0 Å². The zero-order valence-electron chi connectivity index (χ0n) is 8.90. The van der Waals surface area contributed by atoms with Crippen LogP contribution in [0.2, 0.25) is 0 Å². The largest absolute Gasteiger partial charge is 0.392 e. The summed E-state index contributed by atoms with van der Waals surface area (Å²) < 4.78 is 13.4. The highest BCUT2D eigenvalue weighted by molar-refractivity contribution is 7.80. The van der Waals surface area contributed by atoms with Crippen molar-refractivity contribution in [2.45, 2.75) is 13.0 Å². The molecule has 0 amide bonds. The summed E-state index contributed by atoms with van der Waals surface area (Å²) in [5.74, 6) is -0.195. The van der Waals surface area contributed by atoms with Crippen molar-refractivity contribution in [3.05, 3.63) is 35.6 Å². The fourth-order valence-corrected chi connectivity index (χ4v) is 1.64. The highest BCUT2D eigenvalue weighted by Crippen LogP contribution is 2.20. The standard InChI is InChI=1S/C11H15FN2S/c1-8(14(2)7-11(13)15)9-5-3-4-6-10(9)12/h3-6,8H,7H2,1-2H3,(H2,13,15). The summed E-state index contributed by atoms with van der Waals surface area (Å²) in [5, 5.41) is 0. The summed E-state index contributed by atoms with van der Waals surface area (Å²) in [6.45, 7) is 2.42. The molecule has 2 N–H and O–H groups in total. The van der Waals surface area contributed by atoms with Crippen LogP contribution in [0.1, 0.15) is 18.5 Å². The molecule has 1 unspecified atom stereocenters. The highest BCUT2D eigenvalue weighted by atomic mass is 32.1. The van der Waals surface area contributed by atoms with Gasteiger partial charge in [0.15, 0.2) is 0 Å². The summed E-state index contributed by atoms with van der Waals surface area (Å²) in [4.78, 5) is 2.33. The Bertz CT molecular complexity index is 354. The Morgan fingerprint density at radius 2 is 2.13 bits per heavy atom. The maximum atomic E-state index is 13.4. The third kappa shape index (κ3) is 3.25. The second kappa shape index (κ2) is 5.19. The zero-order chi connectivity index (χ0) is 11.4. The molecule has 1 aromatic rings. The summed E-state index contributed by atoms with van der Waals surface area (Å²) in [5.41, 5.74) is 6.11. The molecule has 1 atom stereocenters. The van der Waals surface area contributed by atoms with E-state index < -0.39 is 0 Å². The van der Waals surface area contributed by atoms with Crippen LogP contribution in [-0.2, 0) is 0 Å². The molecule has 2 nitrogen and oxygen atoms in total. The lowest BCUT2D eigenvalue weighted by Gasteiger charge is -2.24. The summed E-state index contributed by atoms with van der Waals surface area (Å²) >= 11 is 4.82. The smallest absolute Gasteiger partial charge is 0.127 e. The van der Waals surface area contributed by atoms with Gasteiger partial charge in [0, 0.05) is 18.2 Å². The van der Waals surface area contributed by atoms with E-state index in [1.807, 2.05) is 24.9 Å². The molecule has 0 heterocycles. The number of likely N-dealkylation sites (N-methyl/N-ethyl adjacent to an activating group) is 1. The Hall–Kier alpha value is -1.00. The molecule has 0 saturated carbocycles. The molecule has 1 rings (SSSR count). The number of nitrogens with two attached hydrogens (primary N) is 1. The molecule has 0 aliphatic carbocycles. The second-order valence-corrected chi connectivity index (χ2v) is 4.10. The fourth-order valence-electron chi connectivity index (χ4n) is 1.43. The predicted octanol–water partition coefficient (Wildman–Crippen LogP) is 2.10. The van der Waals surface area contributed by atoms with Gasteiger partial charge in [-0.2, -0.15) is 0 Å². The van der Waals surface area contributed by atoms with Crippen LogP contribution in [-0.4, -0.2) is 23.5 Å². The Morgan fingerprint density at radius 3 is 2.67 bits per heavy atom. The maximum absolute atomic E-state index is 13.4. The van der Waals surface area contributed by atoms with Crippen LogP contribution in [0.15, 0.2) is 24.3 Å². The number of halogens is 1. The molecule has 0 aromatic heterocycles. The maximum Gasteiger partial charge on any atom is 0.127 e. The Labute approximate surface area is 94.9 Å². The van der Waals surface area contributed by atoms with Gasteiger partial charge in [-0.05, 0) is 20.0 Å². The number of hydrogen-bond donors (Lipinski definition) is 1. The fraction of sp³-hybridized carbons (Fsp3) is 0.364. The van der Waals surface area contributed by atoms with Crippen LogP contribution in [0.3, 0.4) is 0 Å². The van der Waals surface area contributed by atoms with Crippen LogP contribution in [0.5, 0.6) is 0 Å². The number of hydrogen-bond acceptors (Lipinski definition) is 2. The van der Waals surface area contributed by atoms with Gasteiger partial charge >= 0.3 is 0 Å². The van der Waals surface area contributed by atoms with Crippen molar-refractivity contribution < 1.29 is 4.39 Å². The van der Waals surface area contributed by atoms with Gasteiger partial charge in [0.25, 0.3) is 0 Å². The van der Waals surface area contributed by atoms with Crippen molar-refractivity contribution in [1.82, 2.24) is 4.90 Å². The third-order valence-electron chi connectivity index (χ3n) is 2.42. The monoisotopic (exact) mass is 226 g/mol. The van der Waals surface area contributed by atoms with Gasteiger partial charge in [0.2, 0.25) is 0 Å². The lowest BCUT2D eigenvalue weighted by atomic mass is 10.1. The zero-order valence-corrected chi connectivity index (χ0v) is 9.72. The Balaban J connectivity index is 2.80. The van der Waals surface area contributed by atoms with E-state index in [0.29, 0.717) is 17.1 Å². The minimum absolute atomic E-state index is 0.0345. The van der Waals surface area contributed by atoms with Crippen molar-refractivity contribution in [2.24, 2.45) is 5.73 Å². The van der Waals surface area contributed by atoms with Gasteiger partial charge < -0.3 is 5.73 Å². The van der Waals surface area contributed by atoms with E-state index in [1.54, 1.807) is 12.1 Å². The molecule has 4 heteroatoms. The second-order valence-electron chi connectivity index (χ2n) is 3.58. The van der Waals surface area contributed by atoms with Gasteiger partial charge in [-0.15, -0.1) is 0 Å². The molecule has 82 valence electrons. The first-order chi connectivity index (χ1) is 7.02. The highest BCUT2D eigenvalue weighted by Gasteiger charge is 2.15. The number of nitrogens with zero attached hydrogens (tertiary/aromatic N) is 1. The first-order valence-corrected chi connectivity index (χ1v) is 5.16. The SMILES string of the molecule is CC(c1ccccc1F)N(C)CC(N)=S. The minimum Gasteiger partial charge on any atom is -0.392 e. The van der Waals surface area contributed by atoms with E-state index in [2.05, 4.69) is 0 Å². The molecule has 15 heavy (non-hydrogen) atoms. The normalized spacial score (nSPS) is 12.8. The van der Waals surface area contributed by atoms with Crippen LogP contribution >= 0.6 is 12.2 Å². The van der Waals surface area contributed by atoms with Crippen LogP contribution in [0.4, 0.5) is 4.39 Å². The summed E-state index contributed by atoms with van der Waals surface area (Å²) in [7, 11) is 1.87. The van der Waals surface area contributed by atoms with Gasteiger partial charge in [0.1, 0.15) is 5.82 Å². The number of rotatable bonds is 4. The van der Waals surface area contributed by atoms with Crippen molar-refractivity contribution in [3.8, 4) is 0 Å². The van der Waals surface area contributed by atoms with E-state index in [1.165, 1.54) is 6.07 Å². The molecule has 0 saturated heterocycles. The van der Waals surface area contributed by atoms with E-state index in [9.17, 15) is 4.39 Å². The summed E-state index contributed by atoms with van der Waals surface area (Å²) in [6, 6.07) is 6.70. The molecule has 0 bridgehead atoms. The van der Waals surface area contributed by atoms with Crippen LogP contribution in [0, 0.1) is 5.82 Å². The lowest BCUT2D eigenvalue weighted by molar-refractivity contribution is 0.292. The number of benzene rings is 1. The molecule has 0 radical (unpaired) electrons. The predicted molar refractivity (Wildman–Crippen MR) is 64.2 cm³/mol. The van der Waals surface area contributed by atoms with Gasteiger partial charge in [-0.25, -0.2) is 4.39 Å². The quantitative estimate of drug-likeness (QED) is 0.797. The summed E-state index contributed by atoms with van der Waals surface area (Å²) in [6.07, 6.45) is 0. The first-order valence-electron chi connectivity index (χ1n) is 4.75. The number of thiocarbonyl (C=S) groups is 1. The molecular formula is C11H15FN2S. The molecular weight excluding hydrogens is 211 g/mol.